The van der Waals surface area contributed by atoms with E-state index in [-0.39, 0.29) is 423 Å². The molecule has 12 N–H and O–H groups in total. The van der Waals surface area contributed by atoms with E-state index in [4.69, 9.17) is 100 Å². The van der Waals surface area contributed by atoms with Gasteiger partial charge in [-0.15, -0.1) is 0 Å². The van der Waals surface area contributed by atoms with Gasteiger partial charge in [0.25, 0.3) is 0 Å². The number of phosphoric acid groups is 1. The van der Waals surface area contributed by atoms with E-state index in [0.29, 0.717) is 0 Å². The summed E-state index contributed by atoms with van der Waals surface area (Å²) in [6, 6.07) is 0. The summed E-state index contributed by atoms with van der Waals surface area (Å²) in [5.74, 6) is -8.43. The van der Waals surface area contributed by atoms with Crippen LogP contribution >= 0.6 is 7.82 Å². The first-order chi connectivity index (χ1) is 19.8. The van der Waals surface area contributed by atoms with Crippen LogP contribution in [0, 0.1) is 0 Å². The summed E-state index contributed by atoms with van der Waals surface area (Å²) < 4.78 is 8.55. The number of carboxylic acid groups (broad SMARTS) is 9. The predicted molar refractivity (Wildman–Crippen MR) is 114 cm³/mol. The summed E-state index contributed by atoms with van der Waals surface area (Å²) >= 11 is 0. The first-order valence-corrected chi connectivity index (χ1v) is 11.6. The number of rotatable bonds is 11. The van der Waals surface area contributed by atoms with Crippen LogP contribution in [0.3, 0.4) is 0 Å². The van der Waals surface area contributed by atoms with E-state index < -0.39 is 106 Å². The third kappa shape index (κ3) is 99.5. The van der Waals surface area contributed by atoms with Crippen molar-refractivity contribution in [3.05, 3.63) is 0 Å². The van der Waals surface area contributed by atoms with Crippen LogP contribution in [0.1, 0.15) is 19.8 Å². The van der Waals surface area contributed by atoms with Gasteiger partial charge in [-0.2, -0.15) is 7.82 Å². The minimum atomic E-state index is -5.39. The van der Waals surface area contributed by atoms with Gasteiger partial charge < -0.3 is 128 Å². The van der Waals surface area contributed by atoms with Crippen LogP contribution in [0.4, 0.5) is 9.59 Å². The molecule has 0 radical (unpaired) electrons. The molecule has 0 aliphatic rings. The Bertz CT molecular complexity index is 950. The van der Waals surface area contributed by atoms with Crippen molar-refractivity contribution in [2.24, 2.45) is 0 Å². The van der Waals surface area contributed by atoms with Crippen molar-refractivity contribution in [1.82, 2.24) is 0 Å². The van der Waals surface area contributed by atoms with Gasteiger partial charge in [0.05, 0.1) is 37.5 Å². The van der Waals surface area contributed by atoms with Crippen molar-refractivity contribution in [2.75, 3.05) is 6.61 Å². The summed E-state index contributed by atoms with van der Waals surface area (Å²) in [7, 11) is -5.39. The summed E-state index contributed by atoms with van der Waals surface area (Å²) in [5, 5.41) is 135. The van der Waals surface area contributed by atoms with Gasteiger partial charge in [0.15, 0.2) is 5.60 Å². The molecule has 37 heteroatoms. The van der Waals surface area contributed by atoms with E-state index in [0.717, 1.165) is 6.92 Å². The van der Waals surface area contributed by atoms with Crippen molar-refractivity contribution in [1.29, 1.82) is 0 Å². The number of aliphatic hydroxyl groups excluding tert-OH is 6. The van der Waals surface area contributed by atoms with Gasteiger partial charge in [-0.3, -0.25) is 9.59 Å². The Morgan fingerprint density at radius 1 is 0.611 bits per heavy atom. The molecule has 0 aliphatic heterocycles. The third-order valence-corrected chi connectivity index (χ3v) is 3.12. The molecule has 0 aromatic heterocycles. The molecule has 0 heterocycles. The van der Waals surface area contributed by atoms with Crippen molar-refractivity contribution in [3.8, 4) is 0 Å². The Kier molecular flexibility index (Phi) is 125. The zero-order valence-corrected chi connectivity index (χ0v) is 57.0. The second-order valence-corrected chi connectivity index (χ2v) is 7.84. The fraction of sp³-hybridized carbons (Fsp3) is 0.588. The fourth-order valence-corrected chi connectivity index (χ4v) is 1.38. The van der Waals surface area contributed by atoms with Crippen LogP contribution in [-0.4, -0.2) is 146 Å². The predicted octanol–water partition coefficient (Wildman–Crippen LogP) is -40.0. The fourth-order valence-electron chi connectivity index (χ4n) is 1.38. The van der Waals surface area contributed by atoms with Crippen LogP contribution in [0.15, 0.2) is 0 Å². The van der Waals surface area contributed by atoms with E-state index in [2.05, 4.69) is 0 Å². The molecule has 1 unspecified atom stereocenters. The largest absolute Gasteiger partial charge is 1.00 e. The molecule has 0 aromatic carbocycles. The smallest absolute Gasteiger partial charge is 1.00 e. The number of halogens is 1. The topological polar surface area (TPSA) is 541 Å². The average molecular weight is 1040 g/mol. The summed E-state index contributed by atoms with van der Waals surface area (Å²) in [6.07, 6.45) is -15.9. The quantitative estimate of drug-likeness (QED) is 0.0675. The molecule has 0 amide bonds. The average Bonchev–Trinajstić information content (AvgIpc) is 2.79. The van der Waals surface area contributed by atoms with Crippen molar-refractivity contribution in [3.63, 3.8) is 0 Å². The molecule has 0 spiro atoms. The summed E-state index contributed by atoms with van der Waals surface area (Å²) in [4.78, 5) is 92.3. The van der Waals surface area contributed by atoms with E-state index >= 15 is 0 Å². The van der Waals surface area contributed by atoms with Crippen molar-refractivity contribution in [2.45, 2.75) is 55.9 Å². The van der Waals surface area contributed by atoms with Gasteiger partial charge in [-0.1, -0.05) is 0 Å². The molecule has 54 heavy (non-hydrogen) atoms. The van der Waals surface area contributed by atoms with E-state index in [1.54, 1.807) is 0 Å². The maximum Gasteiger partial charge on any atom is 1.00 e. The van der Waals surface area contributed by atoms with Gasteiger partial charge >= 0.3 is 435 Å². The maximum absolute atomic E-state index is 10.3. The number of hydrogen-bond donors (Lipinski definition) is 12. The first kappa shape index (κ1) is 105. The molecule has 0 aromatic rings. The molecule has 276 valence electrons. The van der Waals surface area contributed by atoms with Crippen LogP contribution in [0.5, 0.6) is 0 Å². The second kappa shape index (κ2) is 64.2. The zero-order chi connectivity index (χ0) is 38.0. The molecule has 0 saturated heterocycles. The standard InChI is InChI=1S/C6H8O7.C6H12O7.C3H6O3.2CH2O3.ClH.8K.H3O4P/c7-3(8)1-6(13,5(11)12)2-4(9)10;7-1-2(8)3(9)4(10)5(11)6(12)13;1-2(4)3(5)6;2*2-1(3)4;;;;;;;;;;1-5(2,3)4/h13H,1-2H2,(H,7,8)(H,9,10)(H,11,12);2-5,7-11H,1H2,(H,12,13);2,4H,1H3,(H,5,6);2*(H2,2,3,4);1H;;;;;;;;;(H3,1,2,3,4)/q;;;;;;8*+1;/p-8/t;2-,3-,4+,5-;;;;;;;;;;;;;/m.1............./s1. The Hall–Kier alpha value is 9.10. The number of carbonyl (C=O) groups is 7. The summed E-state index contributed by atoms with van der Waals surface area (Å²) in [6.45, 7) is 0.271. The van der Waals surface area contributed by atoms with Gasteiger partial charge in [0, 0.05) is 0 Å². The molecule has 5 atom stereocenters. The number of carbonyl (C=O) groups excluding carboxylic acids is 3. The molecule has 0 saturated carbocycles. The Morgan fingerprint density at radius 3 is 0.926 bits per heavy atom. The SMILES string of the molecule is CC(O)C(=O)[O-].O=C(O)CC(O)(CC(=O)O)C(=O)O.O=C(O)O.O=C([O-])[C@H](O)[C@@H](O)[C@H](O)[C@H](O)CO.O=C([O-])[O-].O=P([O-])([O-])[O-].[Cl-].[K+].[K+].[K+].[K+].[K+].[K+].[K+].[K+]. The third-order valence-electron chi connectivity index (χ3n) is 3.12. The van der Waals surface area contributed by atoms with Crippen LogP contribution < -0.4 is 459 Å². The minimum absolute atomic E-state index is 0. The van der Waals surface area contributed by atoms with Gasteiger partial charge in [-0.05, 0) is 13.1 Å². The minimum Gasteiger partial charge on any atom is -1.00 e. The van der Waals surface area contributed by atoms with E-state index in [1.807, 2.05) is 0 Å². The van der Waals surface area contributed by atoms with Crippen LogP contribution in [0.2, 0.25) is 0 Å². The monoisotopic (exact) mass is 1040 g/mol. The number of aliphatic hydroxyl groups is 7. The summed E-state index contributed by atoms with van der Waals surface area (Å²) in [5.41, 5.74) is -2.74. The molecule has 27 nitrogen and oxygen atoms in total. The van der Waals surface area contributed by atoms with Gasteiger partial charge in [0.2, 0.25) is 0 Å². The Labute approximate surface area is 651 Å². The van der Waals surface area contributed by atoms with E-state index in [9.17, 15) is 34.2 Å². The van der Waals surface area contributed by atoms with Gasteiger partial charge in [0.1, 0.15) is 24.4 Å². The second-order valence-electron chi connectivity index (χ2n) is 6.95. The first-order valence-electron chi connectivity index (χ1n) is 10.2. The van der Waals surface area contributed by atoms with Crippen molar-refractivity contribution < 1.29 is 558 Å². The molecule has 0 aliphatic carbocycles. The number of carboxylic acids is 5. The zero-order valence-electron chi connectivity index (χ0n) is 30.3. The van der Waals surface area contributed by atoms with Crippen molar-refractivity contribution >= 4 is 50.0 Å². The number of aliphatic carboxylic acids is 5. The van der Waals surface area contributed by atoms with Crippen LogP contribution in [0.25, 0.3) is 0 Å². The van der Waals surface area contributed by atoms with Gasteiger partial charge in [-0.25, -0.2) is 9.59 Å². The molecular weight excluding hydrogens is 1020 g/mol. The number of hydrogen-bond acceptors (Lipinski definition) is 22. The normalized spacial score (nSPS) is 11.0. The molecular formula is C17H26ClK8O27P. The Balaban J connectivity index is -0.0000000267. The molecule has 0 rings (SSSR count). The Morgan fingerprint density at radius 2 is 0.815 bits per heavy atom. The molecule has 0 bridgehead atoms. The van der Waals surface area contributed by atoms with E-state index in [1.165, 1.54) is 0 Å². The molecule has 0 fully saturated rings. The maximum atomic E-state index is 10.3. The van der Waals surface area contributed by atoms with Crippen LogP contribution in [-0.2, 0) is 28.5 Å².